The van der Waals surface area contributed by atoms with E-state index in [2.05, 4.69) is 36.0 Å². The van der Waals surface area contributed by atoms with Crippen LogP contribution in [-0.4, -0.2) is 79.7 Å². The molecule has 1 fully saturated rings. The van der Waals surface area contributed by atoms with E-state index in [4.69, 9.17) is 36.0 Å². The number of aromatic amines is 1. The maximum Gasteiger partial charge on any atom is 0.290 e. The van der Waals surface area contributed by atoms with Crippen molar-refractivity contribution >= 4 is 47.2 Å². The summed E-state index contributed by atoms with van der Waals surface area (Å²) in [7, 11) is 0. The Bertz CT molecular complexity index is 1070. The smallest absolute Gasteiger partial charge is 0.290 e. The van der Waals surface area contributed by atoms with Crippen molar-refractivity contribution in [2.75, 3.05) is 23.8 Å². The number of hydrogen-bond donors (Lipinski definition) is 7. The van der Waals surface area contributed by atoms with Crippen molar-refractivity contribution in [1.29, 1.82) is 0 Å². The van der Waals surface area contributed by atoms with E-state index in [0.717, 1.165) is 17.3 Å². The lowest BCUT2D eigenvalue weighted by atomic mass is 10.1. The third-order valence-corrected chi connectivity index (χ3v) is 4.34. The molecular formula is C18H23N9O6. The largest absolute Gasteiger partial charge is 0.483 e. The lowest BCUT2D eigenvalue weighted by Crippen LogP contribution is -2.48. The third-order valence-electron chi connectivity index (χ3n) is 4.34. The first-order valence-corrected chi connectivity index (χ1v) is 9.43. The van der Waals surface area contributed by atoms with Crippen LogP contribution in [-0.2, 0) is 14.3 Å². The molecule has 1 aliphatic rings. The van der Waals surface area contributed by atoms with E-state index in [0.29, 0.717) is 18.9 Å². The monoisotopic (exact) mass is 461 g/mol. The molecule has 1 aliphatic heterocycles. The normalized spacial score (nSPS) is 16.9. The summed E-state index contributed by atoms with van der Waals surface area (Å²) in [6, 6.07) is 5.33. The molecule has 9 N–H and O–H groups in total. The van der Waals surface area contributed by atoms with Gasteiger partial charge < -0.3 is 37.1 Å². The van der Waals surface area contributed by atoms with Crippen molar-refractivity contribution in [2.45, 2.75) is 18.5 Å². The standard InChI is InChI=1S/C16H19N9O2.2CH2O2/c17-10-7-27-4-3-12(10)21-16-22-15(13(14(18)26)24-25-16)20-9-1-2-11-8(5-9)6-19-23-11;2*2-1-3/h1-2,5-6,10,12H,3-4,7,17H2,(H2,18,26)(H,19,23)(H2,20,21,22,25);2*1H,(H,2,3)/t10-,12+;;/m0../s1. The van der Waals surface area contributed by atoms with Gasteiger partial charge in [-0.2, -0.15) is 10.1 Å². The van der Waals surface area contributed by atoms with Gasteiger partial charge in [0.25, 0.3) is 18.9 Å². The predicted molar refractivity (Wildman–Crippen MR) is 116 cm³/mol. The van der Waals surface area contributed by atoms with Gasteiger partial charge in [0.15, 0.2) is 11.5 Å². The lowest BCUT2D eigenvalue weighted by molar-refractivity contribution is -0.123. The average Bonchev–Trinajstić information content (AvgIpc) is 3.24. The maximum absolute atomic E-state index is 11.7. The van der Waals surface area contributed by atoms with Crippen LogP contribution in [0.2, 0.25) is 0 Å². The molecule has 0 radical (unpaired) electrons. The van der Waals surface area contributed by atoms with Crippen LogP contribution in [0.4, 0.5) is 17.5 Å². The summed E-state index contributed by atoms with van der Waals surface area (Å²) in [5.41, 5.74) is 13.0. The number of nitrogens with one attached hydrogen (secondary N) is 3. The molecule has 0 bridgehead atoms. The molecule has 176 valence electrons. The van der Waals surface area contributed by atoms with Crippen LogP contribution in [0.1, 0.15) is 16.9 Å². The summed E-state index contributed by atoms with van der Waals surface area (Å²) < 4.78 is 5.33. The van der Waals surface area contributed by atoms with E-state index in [1.807, 2.05) is 18.2 Å². The van der Waals surface area contributed by atoms with Crippen molar-refractivity contribution in [1.82, 2.24) is 25.4 Å². The van der Waals surface area contributed by atoms with Crippen LogP contribution in [0, 0.1) is 0 Å². The van der Waals surface area contributed by atoms with E-state index in [1.165, 1.54) is 0 Å². The summed E-state index contributed by atoms with van der Waals surface area (Å²) in [5.74, 6) is -0.256. The number of carboxylic acid groups (broad SMARTS) is 2. The lowest BCUT2D eigenvalue weighted by Gasteiger charge is -2.29. The molecule has 0 aliphatic carbocycles. The molecule has 15 heteroatoms. The van der Waals surface area contributed by atoms with Gasteiger partial charge in [0.1, 0.15) is 0 Å². The molecule has 15 nitrogen and oxygen atoms in total. The highest BCUT2D eigenvalue weighted by atomic mass is 16.5. The van der Waals surface area contributed by atoms with Gasteiger partial charge in [0.2, 0.25) is 5.95 Å². The Morgan fingerprint density at radius 2 is 1.97 bits per heavy atom. The van der Waals surface area contributed by atoms with Gasteiger partial charge in [0, 0.05) is 29.8 Å². The van der Waals surface area contributed by atoms with Gasteiger partial charge in [-0.1, -0.05) is 0 Å². The summed E-state index contributed by atoms with van der Waals surface area (Å²) in [6.45, 7) is 0.564. The second kappa shape index (κ2) is 12.5. The number of aromatic nitrogens is 5. The molecule has 1 saturated heterocycles. The molecule has 3 heterocycles. The van der Waals surface area contributed by atoms with E-state index >= 15 is 0 Å². The van der Waals surface area contributed by atoms with Gasteiger partial charge in [-0.15, -0.1) is 10.2 Å². The zero-order chi connectivity index (χ0) is 24.2. The first-order chi connectivity index (χ1) is 15.9. The van der Waals surface area contributed by atoms with Crippen molar-refractivity contribution in [3.8, 4) is 0 Å². The second-order valence-corrected chi connectivity index (χ2v) is 6.48. The molecule has 0 saturated carbocycles. The molecule has 1 aromatic carbocycles. The van der Waals surface area contributed by atoms with E-state index in [1.54, 1.807) is 6.20 Å². The highest BCUT2D eigenvalue weighted by molar-refractivity contribution is 5.96. The van der Waals surface area contributed by atoms with Crippen molar-refractivity contribution in [3.63, 3.8) is 0 Å². The van der Waals surface area contributed by atoms with Crippen LogP contribution >= 0.6 is 0 Å². The molecule has 1 amide bonds. The number of rotatable bonds is 5. The third kappa shape index (κ3) is 7.08. The Morgan fingerprint density at radius 1 is 1.24 bits per heavy atom. The fourth-order valence-corrected chi connectivity index (χ4v) is 2.90. The number of nitrogens with zero attached hydrogens (tertiary/aromatic N) is 4. The topological polar surface area (TPSA) is 244 Å². The van der Waals surface area contributed by atoms with Crippen LogP contribution in [0.3, 0.4) is 0 Å². The Morgan fingerprint density at radius 3 is 2.64 bits per heavy atom. The molecule has 2 aromatic heterocycles. The second-order valence-electron chi connectivity index (χ2n) is 6.48. The SMILES string of the molecule is NC(=O)c1nnc(N[C@@H]2CCOC[C@@H]2N)nc1Nc1ccc2[nH]ncc2c1.O=CO.O=CO. The fourth-order valence-electron chi connectivity index (χ4n) is 2.90. The molecule has 0 spiro atoms. The van der Waals surface area contributed by atoms with Crippen molar-refractivity contribution < 1.29 is 29.3 Å². The number of fused-ring (bicyclic) bond motifs is 1. The van der Waals surface area contributed by atoms with Gasteiger partial charge in [-0.05, 0) is 24.6 Å². The van der Waals surface area contributed by atoms with Gasteiger partial charge >= 0.3 is 0 Å². The number of benzene rings is 1. The quantitative estimate of drug-likeness (QED) is 0.238. The summed E-state index contributed by atoms with van der Waals surface area (Å²) >= 11 is 0. The van der Waals surface area contributed by atoms with Crippen LogP contribution in [0.25, 0.3) is 10.9 Å². The van der Waals surface area contributed by atoms with Crippen LogP contribution in [0.15, 0.2) is 24.4 Å². The highest BCUT2D eigenvalue weighted by Crippen LogP contribution is 2.22. The highest BCUT2D eigenvalue weighted by Gasteiger charge is 2.24. The molecule has 33 heavy (non-hydrogen) atoms. The van der Waals surface area contributed by atoms with Crippen molar-refractivity contribution in [3.05, 3.63) is 30.1 Å². The Labute approximate surface area is 186 Å². The molecule has 0 unspecified atom stereocenters. The number of hydrogen-bond acceptors (Lipinski definition) is 11. The minimum absolute atomic E-state index is 0.0462. The van der Waals surface area contributed by atoms with E-state index < -0.39 is 5.91 Å². The van der Waals surface area contributed by atoms with Crippen molar-refractivity contribution in [2.24, 2.45) is 11.5 Å². The fraction of sp³-hybridized carbons (Fsp3) is 0.278. The Hall–Kier alpha value is -4.37. The molecule has 2 atom stereocenters. The average molecular weight is 461 g/mol. The van der Waals surface area contributed by atoms with Gasteiger partial charge in [-0.3, -0.25) is 19.5 Å². The number of nitrogens with two attached hydrogens (primary N) is 2. The minimum Gasteiger partial charge on any atom is -0.483 e. The number of anilines is 3. The summed E-state index contributed by atoms with van der Waals surface area (Å²) in [5, 5.41) is 35.6. The number of amides is 1. The number of primary amides is 1. The first-order valence-electron chi connectivity index (χ1n) is 9.43. The number of carbonyl (C=O) groups excluding carboxylic acids is 1. The first kappa shape index (κ1) is 24.9. The number of ether oxygens (including phenoxy) is 1. The number of H-pyrrole nitrogens is 1. The molecule has 4 rings (SSSR count). The maximum atomic E-state index is 11.7. The van der Waals surface area contributed by atoms with Crippen LogP contribution in [0.5, 0.6) is 0 Å². The number of carbonyl (C=O) groups is 3. The zero-order valence-corrected chi connectivity index (χ0v) is 17.2. The summed E-state index contributed by atoms with van der Waals surface area (Å²) in [6.07, 6.45) is 2.43. The molecular weight excluding hydrogens is 438 g/mol. The molecule has 3 aromatic rings. The summed E-state index contributed by atoms with van der Waals surface area (Å²) in [4.78, 5) is 32.8. The Kier molecular flexibility index (Phi) is 9.41. The van der Waals surface area contributed by atoms with Gasteiger partial charge in [-0.25, -0.2) is 0 Å². The van der Waals surface area contributed by atoms with E-state index in [9.17, 15) is 4.79 Å². The zero-order valence-electron chi connectivity index (χ0n) is 17.2. The van der Waals surface area contributed by atoms with Crippen LogP contribution < -0.4 is 22.1 Å². The predicted octanol–water partition coefficient (Wildman–Crippen LogP) is -0.480. The minimum atomic E-state index is -0.726. The Balaban J connectivity index is 0.000000582. The van der Waals surface area contributed by atoms with E-state index in [-0.39, 0.29) is 42.5 Å². The van der Waals surface area contributed by atoms with Gasteiger partial charge in [0.05, 0.1) is 18.3 Å².